The molecule has 1 aliphatic rings. The van der Waals surface area contributed by atoms with E-state index < -0.39 is 0 Å². The summed E-state index contributed by atoms with van der Waals surface area (Å²) in [6.07, 6.45) is 4.14. The Balaban J connectivity index is 2.21. The minimum atomic E-state index is -0.313. The van der Waals surface area contributed by atoms with Gasteiger partial charge < -0.3 is 14.2 Å². The lowest BCUT2D eigenvalue weighted by molar-refractivity contribution is -0.150. The van der Waals surface area contributed by atoms with E-state index in [0.717, 1.165) is 36.3 Å². The van der Waals surface area contributed by atoms with Crippen LogP contribution < -0.4 is 0 Å². The van der Waals surface area contributed by atoms with Crippen LogP contribution in [0.4, 0.5) is 0 Å². The van der Waals surface area contributed by atoms with Gasteiger partial charge in [0, 0.05) is 31.0 Å². The fourth-order valence-corrected chi connectivity index (χ4v) is 3.62. The van der Waals surface area contributed by atoms with Gasteiger partial charge in [-0.05, 0) is 57.7 Å². The van der Waals surface area contributed by atoms with Crippen molar-refractivity contribution in [3.63, 3.8) is 0 Å². The maximum atomic E-state index is 12.9. The highest BCUT2D eigenvalue weighted by atomic mass is 16.5. The van der Waals surface area contributed by atoms with Gasteiger partial charge in [0.1, 0.15) is 11.6 Å². The number of aryl methyl sites for hydroxylation is 1. The van der Waals surface area contributed by atoms with E-state index in [4.69, 9.17) is 4.74 Å². The van der Waals surface area contributed by atoms with Crippen LogP contribution in [0.1, 0.15) is 50.1 Å². The quantitative estimate of drug-likeness (QED) is 0.437. The lowest BCUT2D eigenvalue weighted by Gasteiger charge is -2.31. The largest absolute Gasteiger partial charge is 0.466 e. The van der Waals surface area contributed by atoms with E-state index in [1.165, 1.54) is 0 Å². The first-order chi connectivity index (χ1) is 12.9. The topological polar surface area (TPSA) is 75.3 Å². The fourth-order valence-electron chi connectivity index (χ4n) is 3.62. The van der Waals surface area contributed by atoms with E-state index in [-0.39, 0.29) is 23.4 Å². The van der Waals surface area contributed by atoms with Crippen LogP contribution in [-0.4, -0.2) is 41.0 Å². The summed E-state index contributed by atoms with van der Waals surface area (Å²) in [4.78, 5) is 26.5. The number of carbonyl (C=O) groups is 2. The maximum absolute atomic E-state index is 12.9. The molecule has 0 aliphatic carbocycles. The van der Waals surface area contributed by atoms with Gasteiger partial charge in [-0.25, -0.2) is 0 Å². The molecule has 1 aliphatic heterocycles. The van der Waals surface area contributed by atoms with E-state index in [1.807, 2.05) is 26.0 Å². The number of rotatable bonds is 6. The fraction of sp³-hybridized carbons (Fsp3) is 0.571. The van der Waals surface area contributed by atoms with Gasteiger partial charge >= 0.3 is 5.97 Å². The summed E-state index contributed by atoms with van der Waals surface area (Å²) in [6.45, 7) is 10.0. The molecule has 27 heavy (non-hydrogen) atoms. The molecule has 0 spiro atoms. The number of nitriles is 1. The van der Waals surface area contributed by atoms with Crippen LogP contribution in [0, 0.1) is 31.1 Å². The third-order valence-corrected chi connectivity index (χ3v) is 5.04. The first-order valence-electron chi connectivity index (χ1n) is 9.67. The first kappa shape index (κ1) is 20.8. The number of hydrogen-bond donors (Lipinski definition) is 0. The predicted octanol–water partition coefficient (Wildman–Crippen LogP) is 3.22. The van der Waals surface area contributed by atoms with Gasteiger partial charge in [-0.1, -0.05) is 6.92 Å². The second-order valence-corrected chi connectivity index (χ2v) is 6.99. The molecule has 2 rings (SSSR count). The van der Waals surface area contributed by atoms with Crippen LogP contribution in [0.5, 0.6) is 0 Å². The Kier molecular flexibility index (Phi) is 7.23. The number of nitrogens with zero attached hydrogens (tertiary/aromatic N) is 3. The molecule has 6 nitrogen and oxygen atoms in total. The molecule has 0 bridgehead atoms. The highest BCUT2D eigenvalue weighted by molar-refractivity contribution is 6.02. The summed E-state index contributed by atoms with van der Waals surface area (Å²) >= 11 is 0. The molecule has 0 N–H and O–H groups in total. The van der Waals surface area contributed by atoms with Crippen molar-refractivity contribution >= 4 is 18.0 Å². The Morgan fingerprint density at radius 2 is 2.11 bits per heavy atom. The van der Waals surface area contributed by atoms with Crippen molar-refractivity contribution in [3.8, 4) is 6.07 Å². The molecule has 1 aromatic rings. The Hall–Kier alpha value is -2.55. The van der Waals surface area contributed by atoms with Crippen molar-refractivity contribution in [1.29, 1.82) is 5.26 Å². The van der Waals surface area contributed by atoms with Crippen LogP contribution in [0.25, 0.3) is 6.08 Å². The molecule has 1 fully saturated rings. The van der Waals surface area contributed by atoms with Gasteiger partial charge in [0.05, 0.1) is 12.5 Å². The minimum absolute atomic E-state index is 0.108. The lowest BCUT2D eigenvalue weighted by atomic mass is 9.97. The van der Waals surface area contributed by atoms with Gasteiger partial charge in [-0.2, -0.15) is 5.26 Å². The van der Waals surface area contributed by atoms with Crippen LogP contribution in [0.3, 0.4) is 0 Å². The molecule has 1 amide bonds. The van der Waals surface area contributed by atoms with Crippen molar-refractivity contribution in [1.82, 2.24) is 9.47 Å². The average Bonchev–Trinajstić information content (AvgIpc) is 2.93. The summed E-state index contributed by atoms with van der Waals surface area (Å²) in [5.41, 5.74) is 3.17. The molecule has 1 atom stereocenters. The molecule has 0 saturated carbocycles. The molecule has 1 unspecified atom stereocenters. The van der Waals surface area contributed by atoms with Gasteiger partial charge in [0.2, 0.25) is 0 Å². The first-order valence-corrected chi connectivity index (χ1v) is 9.67. The minimum Gasteiger partial charge on any atom is -0.466 e. The van der Waals surface area contributed by atoms with Crippen molar-refractivity contribution < 1.29 is 14.3 Å². The summed E-state index contributed by atoms with van der Waals surface area (Å²) < 4.78 is 7.28. The van der Waals surface area contributed by atoms with Crippen molar-refractivity contribution in [2.45, 2.75) is 53.5 Å². The molecular weight excluding hydrogens is 342 g/mol. The standard InChI is InChI=1S/C21H29N3O3/c1-5-9-24-15(3)11-18(16(24)4)12-19(13-22)20(25)23-10-7-8-17(14-23)21(26)27-6-2/h11-12,17H,5-10,14H2,1-4H3/b19-12-. The second kappa shape index (κ2) is 9.40. The normalized spacial score (nSPS) is 17.5. The Morgan fingerprint density at radius 3 is 2.74 bits per heavy atom. The number of piperidine rings is 1. The number of carbonyl (C=O) groups excluding carboxylic acids is 2. The summed E-state index contributed by atoms with van der Waals surface area (Å²) in [6, 6.07) is 4.06. The third kappa shape index (κ3) is 4.79. The van der Waals surface area contributed by atoms with Gasteiger partial charge in [0.15, 0.2) is 0 Å². The zero-order valence-electron chi connectivity index (χ0n) is 16.7. The number of ether oxygens (including phenoxy) is 1. The smallest absolute Gasteiger partial charge is 0.310 e. The maximum Gasteiger partial charge on any atom is 0.310 e. The van der Waals surface area contributed by atoms with Crippen LogP contribution in [-0.2, 0) is 20.9 Å². The van der Waals surface area contributed by atoms with Crippen molar-refractivity contribution in [2.24, 2.45) is 5.92 Å². The number of amides is 1. The van der Waals surface area contributed by atoms with E-state index in [2.05, 4.69) is 11.5 Å². The summed E-state index contributed by atoms with van der Waals surface area (Å²) in [5, 5.41) is 9.55. The van der Waals surface area contributed by atoms with Crippen LogP contribution in [0.2, 0.25) is 0 Å². The molecule has 6 heteroatoms. The summed E-state index contributed by atoms with van der Waals surface area (Å²) in [5.74, 6) is -0.885. The van der Waals surface area contributed by atoms with Crippen molar-refractivity contribution in [2.75, 3.05) is 19.7 Å². The molecular formula is C21H29N3O3. The lowest BCUT2D eigenvalue weighted by Crippen LogP contribution is -2.43. The summed E-state index contributed by atoms with van der Waals surface area (Å²) in [7, 11) is 0. The van der Waals surface area contributed by atoms with Gasteiger partial charge in [0.25, 0.3) is 5.91 Å². The molecule has 1 saturated heterocycles. The Bertz CT molecular complexity index is 770. The van der Waals surface area contributed by atoms with E-state index in [0.29, 0.717) is 26.1 Å². The van der Waals surface area contributed by atoms with E-state index in [1.54, 1.807) is 17.9 Å². The zero-order valence-corrected chi connectivity index (χ0v) is 16.7. The monoisotopic (exact) mass is 371 g/mol. The molecule has 0 radical (unpaired) electrons. The molecule has 146 valence electrons. The highest BCUT2D eigenvalue weighted by Gasteiger charge is 2.30. The average molecular weight is 371 g/mol. The number of likely N-dealkylation sites (tertiary alicyclic amines) is 1. The third-order valence-electron chi connectivity index (χ3n) is 5.04. The Labute approximate surface area is 161 Å². The number of esters is 1. The highest BCUT2D eigenvalue weighted by Crippen LogP contribution is 2.22. The predicted molar refractivity (Wildman–Crippen MR) is 104 cm³/mol. The number of hydrogen-bond acceptors (Lipinski definition) is 4. The van der Waals surface area contributed by atoms with Gasteiger partial charge in [-0.15, -0.1) is 0 Å². The SMILES string of the molecule is CCCn1c(C)cc(/C=C(/C#N)C(=O)N2CCCC(C(=O)OCC)C2)c1C. The van der Waals surface area contributed by atoms with Crippen LogP contribution >= 0.6 is 0 Å². The Morgan fingerprint density at radius 1 is 1.37 bits per heavy atom. The zero-order chi connectivity index (χ0) is 20.0. The van der Waals surface area contributed by atoms with E-state index in [9.17, 15) is 14.9 Å². The molecule has 1 aromatic heterocycles. The van der Waals surface area contributed by atoms with Crippen molar-refractivity contribution in [3.05, 3.63) is 28.6 Å². The van der Waals surface area contributed by atoms with Crippen LogP contribution in [0.15, 0.2) is 11.6 Å². The van der Waals surface area contributed by atoms with E-state index >= 15 is 0 Å². The van der Waals surface area contributed by atoms with Gasteiger partial charge in [-0.3, -0.25) is 9.59 Å². The second-order valence-electron chi connectivity index (χ2n) is 6.99. The molecule has 2 heterocycles. The molecule has 0 aromatic carbocycles. The number of aromatic nitrogens is 1.